The number of carbonyl (C=O) groups excluding carboxylic acids is 2. The fourth-order valence-electron chi connectivity index (χ4n) is 7.14. The monoisotopic (exact) mass is 589 g/mol. The lowest BCUT2D eigenvalue weighted by Crippen LogP contribution is -2.47. The van der Waals surface area contributed by atoms with Gasteiger partial charge in [0.25, 0.3) is 0 Å². The average Bonchev–Trinajstić information content (AvgIpc) is 3.39. The largest absolute Gasteiger partial charge is 0.497 e. The molecule has 0 bridgehead atoms. The third-order valence-corrected chi connectivity index (χ3v) is 8.95. The standard InChI is InChI=1S/C37H35NO6/c1-41-27-20-22-30(31(23-27)42-2)38-33-28-18-12-11-13-24(28)19-21-29(33)37(35(39)43-3,36(40)44-4)34(38)32(25-14-7-5-8-15-25)26-16-9-6-10-17-26/h5-18,20,22-23,29,33H,19,21H2,1-4H3/t29-,33-/m0/s1. The molecule has 4 aromatic rings. The Morgan fingerprint density at radius 3 is 1.89 bits per heavy atom. The maximum atomic E-state index is 14.5. The van der Waals surface area contributed by atoms with E-state index in [1.54, 1.807) is 14.2 Å². The summed E-state index contributed by atoms with van der Waals surface area (Å²) in [6.45, 7) is 0. The van der Waals surface area contributed by atoms with E-state index in [-0.39, 0.29) is 0 Å². The van der Waals surface area contributed by atoms with Gasteiger partial charge in [0, 0.05) is 17.6 Å². The van der Waals surface area contributed by atoms with Crippen molar-refractivity contribution in [3.05, 3.63) is 131 Å². The van der Waals surface area contributed by atoms with Crippen LogP contribution in [-0.2, 0) is 25.5 Å². The van der Waals surface area contributed by atoms with Crippen molar-refractivity contribution in [3.8, 4) is 11.5 Å². The lowest BCUT2D eigenvalue weighted by Gasteiger charge is -2.36. The molecule has 1 saturated heterocycles. The van der Waals surface area contributed by atoms with E-state index in [1.165, 1.54) is 14.2 Å². The van der Waals surface area contributed by atoms with E-state index >= 15 is 0 Å². The van der Waals surface area contributed by atoms with Crippen LogP contribution >= 0.6 is 0 Å². The molecule has 0 amide bonds. The number of hydrogen-bond acceptors (Lipinski definition) is 7. The molecule has 4 aromatic carbocycles. The second kappa shape index (κ2) is 11.9. The maximum Gasteiger partial charge on any atom is 0.329 e. The fraction of sp³-hybridized carbons (Fsp3) is 0.243. The summed E-state index contributed by atoms with van der Waals surface area (Å²) in [5, 5.41) is 0. The van der Waals surface area contributed by atoms with Crippen molar-refractivity contribution in [2.24, 2.45) is 11.3 Å². The fourth-order valence-corrected chi connectivity index (χ4v) is 7.14. The Labute approximate surface area is 257 Å². The quantitative estimate of drug-likeness (QED) is 0.177. The van der Waals surface area contributed by atoms with Gasteiger partial charge >= 0.3 is 11.9 Å². The van der Waals surface area contributed by atoms with E-state index < -0.39 is 29.3 Å². The Morgan fingerprint density at radius 1 is 0.727 bits per heavy atom. The Morgan fingerprint density at radius 2 is 1.32 bits per heavy atom. The first-order valence-electron chi connectivity index (χ1n) is 14.6. The van der Waals surface area contributed by atoms with E-state index in [1.807, 2.05) is 91.0 Å². The predicted molar refractivity (Wildman–Crippen MR) is 168 cm³/mol. The summed E-state index contributed by atoms with van der Waals surface area (Å²) in [6, 6.07) is 33.1. The van der Waals surface area contributed by atoms with Crippen LogP contribution in [0.1, 0.15) is 34.7 Å². The molecule has 0 radical (unpaired) electrons. The van der Waals surface area contributed by atoms with Crippen molar-refractivity contribution in [3.63, 3.8) is 0 Å². The smallest absolute Gasteiger partial charge is 0.329 e. The highest BCUT2D eigenvalue weighted by Crippen LogP contribution is 2.64. The van der Waals surface area contributed by atoms with Gasteiger partial charge in [0.15, 0.2) is 0 Å². The lowest BCUT2D eigenvalue weighted by atomic mass is 9.66. The third-order valence-electron chi connectivity index (χ3n) is 8.95. The summed E-state index contributed by atoms with van der Waals surface area (Å²) < 4.78 is 22.7. The molecule has 0 N–H and O–H groups in total. The highest BCUT2D eigenvalue weighted by atomic mass is 16.5. The molecule has 2 aliphatic rings. The van der Waals surface area contributed by atoms with Crippen molar-refractivity contribution in [1.82, 2.24) is 0 Å². The van der Waals surface area contributed by atoms with Gasteiger partial charge in [-0.3, -0.25) is 9.59 Å². The van der Waals surface area contributed by atoms with E-state index in [0.717, 1.165) is 27.8 Å². The van der Waals surface area contributed by atoms with Gasteiger partial charge in [-0.05, 0) is 47.2 Å². The summed E-state index contributed by atoms with van der Waals surface area (Å²) in [5.41, 5.74) is 4.00. The van der Waals surface area contributed by atoms with Crippen LogP contribution in [0.3, 0.4) is 0 Å². The summed E-state index contributed by atoms with van der Waals surface area (Å²) in [4.78, 5) is 31.1. The molecular formula is C37H35NO6. The van der Waals surface area contributed by atoms with Crippen LogP contribution < -0.4 is 14.4 Å². The number of aryl methyl sites for hydroxylation is 1. The molecule has 44 heavy (non-hydrogen) atoms. The van der Waals surface area contributed by atoms with Gasteiger partial charge in [-0.25, -0.2) is 0 Å². The zero-order valence-corrected chi connectivity index (χ0v) is 25.3. The first-order chi connectivity index (χ1) is 21.5. The molecule has 1 aliphatic carbocycles. The molecule has 0 saturated carbocycles. The minimum atomic E-state index is -1.80. The van der Waals surface area contributed by atoms with E-state index in [4.69, 9.17) is 18.9 Å². The number of anilines is 1. The summed E-state index contributed by atoms with van der Waals surface area (Å²) >= 11 is 0. The second-order valence-corrected chi connectivity index (χ2v) is 10.9. The number of rotatable bonds is 7. The van der Waals surface area contributed by atoms with Gasteiger partial charge in [0.05, 0.1) is 45.9 Å². The third kappa shape index (κ3) is 4.42. The normalized spacial score (nSPS) is 18.1. The van der Waals surface area contributed by atoms with Crippen LogP contribution in [0.5, 0.6) is 11.5 Å². The molecule has 224 valence electrons. The maximum absolute atomic E-state index is 14.5. The molecule has 1 heterocycles. The molecule has 0 unspecified atom stereocenters. The number of esters is 2. The van der Waals surface area contributed by atoms with E-state index in [2.05, 4.69) is 17.0 Å². The Kier molecular flexibility index (Phi) is 7.87. The van der Waals surface area contributed by atoms with Gasteiger partial charge in [-0.1, -0.05) is 84.9 Å². The topological polar surface area (TPSA) is 74.3 Å². The van der Waals surface area contributed by atoms with Gasteiger partial charge < -0.3 is 23.8 Å². The second-order valence-electron chi connectivity index (χ2n) is 10.9. The van der Waals surface area contributed by atoms with E-state index in [9.17, 15) is 9.59 Å². The average molecular weight is 590 g/mol. The number of methoxy groups -OCH3 is 4. The highest BCUT2D eigenvalue weighted by molar-refractivity contribution is 6.10. The minimum Gasteiger partial charge on any atom is -0.497 e. The van der Waals surface area contributed by atoms with Crippen LogP contribution in [-0.4, -0.2) is 40.4 Å². The van der Waals surface area contributed by atoms with Crippen LogP contribution in [0.15, 0.2) is 109 Å². The molecule has 6 rings (SSSR count). The molecular weight excluding hydrogens is 554 g/mol. The van der Waals surface area contributed by atoms with Crippen LogP contribution in [0.2, 0.25) is 0 Å². The Bertz CT molecular complexity index is 1660. The van der Waals surface area contributed by atoms with Gasteiger partial charge in [0.2, 0.25) is 5.41 Å². The first kappa shape index (κ1) is 29.1. The predicted octanol–water partition coefficient (Wildman–Crippen LogP) is 6.62. The van der Waals surface area contributed by atoms with E-state index in [0.29, 0.717) is 35.7 Å². The zero-order valence-electron chi connectivity index (χ0n) is 25.3. The molecule has 1 aliphatic heterocycles. The van der Waals surface area contributed by atoms with Gasteiger partial charge in [0.1, 0.15) is 11.5 Å². The van der Waals surface area contributed by atoms with Crippen molar-refractivity contribution < 1.29 is 28.5 Å². The zero-order chi connectivity index (χ0) is 30.8. The van der Waals surface area contributed by atoms with Crippen LogP contribution in [0.4, 0.5) is 5.69 Å². The number of benzene rings is 4. The SMILES string of the molecule is COC(=O)C1(C(=O)OC)C(=C(c2ccccc2)c2ccccc2)N(c2ccc(OC)cc2OC)[C@H]2c3ccccc3CC[C@@H]21. The summed E-state index contributed by atoms with van der Waals surface area (Å²) in [7, 11) is 5.87. The number of carbonyl (C=O) groups is 2. The van der Waals surface area contributed by atoms with Crippen LogP contribution in [0.25, 0.3) is 5.57 Å². The summed E-state index contributed by atoms with van der Waals surface area (Å²) in [5.74, 6) is -0.674. The molecule has 0 aromatic heterocycles. The number of ether oxygens (including phenoxy) is 4. The van der Waals surface area contributed by atoms with Crippen molar-refractivity contribution >= 4 is 23.2 Å². The number of hydrogen-bond donors (Lipinski definition) is 0. The van der Waals surface area contributed by atoms with Gasteiger partial charge in [-0.15, -0.1) is 0 Å². The highest BCUT2D eigenvalue weighted by Gasteiger charge is 2.69. The molecule has 0 spiro atoms. The molecule has 1 fully saturated rings. The van der Waals surface area contributed by atoms with Crippen LogP contribution in [0, 0.1) is 11.3 Å². The molecule has 7 heteroatoms. The minimum absolute atomic E-state index is 0.419. The van der Waals surface area contributed by atoms with Gasteiger partial charge in [-0.2, -0.15) is 0 Å². The Hall–Kier alpha value is -5.04. The Balaban J connectivity index is 1.84. The van der Waals surface area contributed by atoms with Crippen molar-refractivity contribution in [2.75, 3.05) is 33.3 Å². The number of nitrogens with zero attached hydrogens (tertiary/aromatic N) is 1. The number of fused-ring (bicyclic) bond motifs is 3. The van der Waals surface area contributed by atoms with Crippen molar-refractivity contribution in [2.45, 2.75) is 18.9 Å². The lowest BCUT2D eigenvalue weighted by molar-refractivity contribution is -0.169. The first-order valence-corrected chi connectivity index (χ1v) is 14.6. The molecule has 2 atom stereocenters. The summed E-state index contributed by atoms with van der Waals surface area (Å²) in [6.07, 6.45) is 1.25. The molecule has 7 nitrogen and oxygen atoms in total. The van der Waals surface area contributed by atoms with Crippen molar-refractivity contribution in [1.29, 1.82) is 0 Å².